The van der Waals surface area contributed by atoms with Crippen molar-refractivity contribution in [2.45, 2.75) is 32.6 Å². The van der Waals surface area contributed by atoms with Gasteiger partial charge in [-0.3, -0.25) is 4.79 Å². The first-order valence-corrected chi connectivity index (χ1v) is 7.88. The van der Waals surface area contributed by atoms with E-state index in [-0.39, 0.29) is 0 Å². The number of hydrogen-bond acceptors (Lipinski definition) is 3. The SMILES string of the molecule is Cc1ccc(C(=O)C(C2CCNCC2)C2CC2)s1. The molecule has 2 aliphatic rings. The van der Waals surface area contributed by atoms with Gasteiger partial charge in [-0.05, 0) is 69.7 Å². The topological polar surface area (TPSA) is 29.1 Å². The van der Waals surface area contributed by atoms with Gasteiger partial charge in [-0.25, -0.2) is 0 Å². The number of carbonyl (C=O) groups excluding carboxylic acids is 1. The van der Waals surface area contributed by atoms with E-state index in [4.69, 9.17) is 0 Å². The molecule has 2 heterocycles. The summed E-state index contributed by atoms with van der Waals surface area (Å²) in [5.74, 6) is 2.05. The molecule has 1 aliphatic heterocycles. The summed E-state index contributed by atoms with van der Waals surface area (Å²) in [6, 6.07) is 4.10. The third-order valence-electron chi connectivity index (χ3n) is 4.31. The molecular formula is C15H21NOS. The number of rotatable bonds is 4. The third kappa shape index (κ3) is 2.52. The van der Waals surface area contributed by atoms with E-state index in [1.54, 1.807) is 11.3 Å². The molecule has 3 rings (SSSR count). The molecule has 0 bridgehead atoms. The maximum absolute atomic E-state index is 12.7. The van der Waals surface area contributed by atoms with E-state index >= 15 is 0 Å². The van der Waals surface area contributed by atoms with Crippen LogP contribution in [0.15, 0.2) is 12.1 Å². The second-order valence-corrected chi connectivity index (χ2v) is 7.01. The van der Waals surface area contributed by atoms with E-state index in [9.17, 15) is 4.79 Å². The lowest BCUT2D eigenvalue weighted by Gasteiger charge is -2.29. The highest BCUT2D eigenvalue weighted by atomic mass is 32.1. The average Bonchev–Trinajstić information content (AvgIpc) is 3.12. The monoisotopic (exact) mass is 263 g/mol. The molecule has 1 N–H and O–H groups in total. The van der Waals surface area contributed by atoms with Crippen molar-refractivity contribution in [2.24, 2.45) is 17.8 Å². The summed E-state index contributed by atoms with van der Waals surface area (Å²) in [5.41, 5.74) is 0. The van der Waals surface area contributed by atoms with E-state index in [2.05, 4.69) is 18.3 Å². The minimum absolute atomic E-state index is 0.310. The Morgan fingerprint density at radius 1 is 1.22 bits per heavy atom. The predicted molar refractivity (Wildman–Crippen MR) is 75.2 cm³/mol. The van der Waals surface area contributed by atoms with Crippen molar-refractivity contribution in [3.05, 3.63) is 21.9 Å². The van der Waals surface area contributed by atoms with Crippen LogP contribution >= 0.6 is 11.3 Å². The van der Waals surface area contributed by atoms with E-state index in [1.165, 1.54) is 30.6 Å². The molecule has 18 heavy (non-hydrogen) atoms. The van der Waals surface area contributed by atoms with Crippen LogP contribution in [0.2, 0.25) is 0 Å². The molecule has 1 aromatic rings. The van der Waals surface area contributed by atoms with Gasteiger partial charge in [0, 0.05) is 10.8 Å². The standard InChI is InChI=1S/C15H21NOS/c1-10-2-5-13(18-10)15(17)14(11-3-4-11)12-6-8-16-9-7-12/h2,5,11-12,14,16H,3-4,6-9H2,1H3. The first-order chi connectivity index (χ1) is 8.75. The molecule has 1 aromatic heterocycles. The summed E-state index contributed by atoms with van der Waals surface area (Å²) in [5, 5.41) is 3.40. The van der Waals surface area contributed by atoms with Crippen molar-refractivity contribution in [3.63, 3.8) is 0 Å². The molecule has 0 aromatic carbocycles. The number of carbonyl (C=O) groups is 1. The van der Waals surface area contributed by atoms with E-state index in [1.807, 2.05) is 6.07 Å². The van der Waals surface area contributed by atoms with Crippen molar-refractivity contribution in [3.8, 4) is 0 Å². The Bertz CT molecular complexity index is 429. The molecule has 1 unspecified atom stereocenters. The first-order valence-electron chi connectivity index (χ1n) is 7.07. The zero-order valence-corrected chi connectivity index (χ0v) is 11.8. The van der Waals surface area contributed by atoms with Gasteiger partial charge < -0.3 is 5.32 Å². The zero-order valence-electron chi connectivity index (χ0n) is 10.9. The van der Waals surface area contributed by atoms with Crippen molar-refractivity contribution in [1.82, 2.24) is 5.32 Å². The van der Waals surface area contributed by atoms with E-state index in [0.717, 1.165) is 18.0 Å². The van der Waals surface area contributed by atoms with Gasteiger partial charge in [-0.2, -0.15) is 0 Å². The van der Waals surface area contributed by atoms with Crippen molar-refractivity contribution in [1.29, 1.82) is 0 Å². The highest BCUT2D eigenvalue weighted by molar-refractivity contribution is 7.14. The molecular weight excluding hydrogens is 242 g/mol. The highest BCUT2D eigenvalue weighted by Crippen LogP contribution is 2.45. The number of thiophene rings is 1. The lowest BCUT2D eigenvalue weighted by Crippen LogP contribution is -2.35. The van der Waals surface area contributed by atoms with Crippen LogP contribution in [0.4, 0.5) is 0 Å². The first kappa shape index (κ1) is 12.4. The Morgan fingerprint density at radius 3 is 2.44 bits per heavy atom. The van der Waals surface area contributed by atoms with Crippen LogP contribution in [-0.4, -0.2) is 18.9 Å². The van der Waals surface area contributed by atoms with Crippen LogP contribution in [0.25, 0.3) is 0 Å². The summed E-state index contributed by atoms with van der Waals surface area (Å²) in [6.07, 6.45) is 4.89. The average molecular weight is 263 g/mol. The number of nitrogens with one attached hydrogen (secondary N) is 1. The number of ketones is 1. The molecule has 98 valence electrons. The molecule has 0 amide bonds. The normalized spacial score (nSPS) is 22.9. The maximum Gasteiger partial charge on any atom is 0.176 e. The number of piperidine rings is 1. The fourth-order valence-electron chi connectivity index (χ4n) is 3.20. The van der Waals surface area contributed by atoms with Gasteiger partial charge in [0.1, 0.15) is 0 Å². The Balaban J connectivity index is 1.78. The maximum atomic E-state index is 12.7. The Labute approximate surface area is 113 Å². The van der Waals surface area contributed by atoms with E-state index in [0.29, 0.717) is 23.5 Å². The van der Waals surface area contributed by atoms with Gasteiger partial charge in [-0.15, -0.1) is 11.3 Å². The van der Waals surface area contributed by atoms with Crippen molar-refractivity contribution < 1.29 is 4.79 Å². The predicted octanol–water partition coefficient (Wildman–Crippen LogP) is 3.27. The molecule has 0 radical (unpaired) electrons. The van der Waals surface area contributed by atoms with Gasteiger partial charge >= 0.3 is 0 Å². The molecule has 1 saturated heterocycles. The molecule has 2 nitrogen and oxygen atoms in total. The number of hydrogen-bond donors (Lipinski definition) is 1. The third-order valence-corrected chi connectivity index (χ3v) is 5.32. The molecule has 2 fully saturated rings. The van der Waals surface area contributed by atoms with Crippen molar-refractivity contribution in [2.75, 3.05) is 13.1 Å². The van der Waals surface area contributed by atoms with Crippen LogP contribution in [0, 0.1) is 24.7 Å². The Hall–Kier alpha value is -0.670. The smallest absolute Gasteiger partial charge is 0.176 e. The summed E-state index contributed by atoms with van der Waals surface area (Å²) in [7, 11) is 0. The van der Waals surface area contributed by atoms with Crippen LogP contribution in [0.3, 0.4) is 0 Å². The van der Waals surface area contributed by atoms with Gasteiger partial charge in [-0.1, -0.05) is 0 Å². The van der Waals surface area contributed by atoms with Gasteiger partial charge in [0.2, 0.25) is 0 Å². The highest BCUT2D eigenvalue weighted by Gasteiger charge is 2.41. The van der Waals surface area contributed by atoms with Crippen LogP contribution < -0.4 is 5.32 Å². The summed E-state index contributed by atoms with van der Waals surface area (Å²) < 4.78 is 0. The summed E-state index contributed by atoms with van der Waals surface area (Å²) >= 11 is 1.67. The largest absolute Gasteiger partial charge is 0.317 e. The lowest BCUT2D eigenvalue weighted by atomic mass is 9.79. The number of aryl methyl sites for hydroxylation is 1. The zero-order chi connectivity index (χ0) is 12.5. The fraction of sp³-hybridized carbons (Fsp3) is 0.667. The molecule has 3 heteroatoms. The quantitative estimate of drug-likeness (QED) is 0.845. The van der Waals surface area contributed by atoms with Crippen molar-refractivity contribution >= 4 is 17.1 Å². The van der Waals surface area contributed by atoms with Crippen LogP contribution in [-0.2, 0) is 0 Å². The molecule has 1 saturated carbocycles. The van der Waals surface area contributed by atoms with Gasteiger partial charge in [0.05, 0.1) is 4.88 Å². The fourth-order valence-corrected chi connectivity index (χ4v) is 4.06. The van der Waals surface area contributed by atoms with E-state index < -0.39 is 0 Å². The summed E-state index contributed by atoms with van der Waals surface area (Å²) in [4.78, 5) is 15.0. The van der Waals surface area contributed by atoms with Crippen LogP contribution in [0.5, 0.6) is 0 Å². The minimum atomic E-state index is 0.310. The second kappa shape index (κ2) is 5.14. The second-order valence-electron chi connectivity index (χ2n) is 5.73. The lowest BCUT2D eigenvalue weighted by molar-refractivity contribution is 0.0828. The Kier molecular flexibility index (Phi) is 3.53. The van der Waals surface area contributed by atoms with Gasteiger partial charge in [0.25, 0.3) is 0 Å². The minimum Gasteiger partial charge on any atom is -0.317 e. The molecule has 1 atom stereocenters. The molecule has 0 spiro atoms. The molecule has 1 aliphatic carbocycles. The van der Waals surface area contributed by atoms with Crippen LogP contribution in [0.1, 0.15) is 40.2 Å². The Morgan fingerprint density at radius 2 is 1.89 bits per heavy atom. The van der Waals surface area contributed by atoms with Gasteiger partial charge in [0.15, 0.2) is 5.78 Å². The summed E-state index contributed by atoms with van der Waals surface area (Å²) in [6.45, 7) is 4.26. The number of Topliss-reactive ketones (excluding diaryl/α,β-unsaturated/α-hetero) is 1.